The first-order chi connectivity index (χ1) is 5.71. The first-order valence-corrected chi connectivity index (χ1v) is 5.74. The van der Waals surface area contributed by atoms with E-state index in [1.165, 1.54) is 0 Å². The predicted octanol–water partition coefficient (Wildman–Crippen LogP) is -2.64. The Hall–Kier alpha value is 0.980. The van der Waals surface area contributed by atoms with E-state index in [0.717, 1.165) is 6.08 Å². The SMILES string of the molecule is O=P([O-])([O-])ONCC=CS(=O)(=O)O.[Ca+2]. The van der Waals surface area contributed by atoms with Crippen LogP contribution in [0.5, 0.6) is 0 Å². The van der Waals surface area contributed by atoms with Crippen LogP contribution in [-0.2, 0) is 19.3 Å². The summed E-state index contributed by atoms with van der Waals surface area (Å²) < 4.78 is 41.4. The molecule has 0 bridgehead atoms. The van der Waals surface area contributed by atoms with Gasteiger partial charge in [-0.2, -0.15) is 13.9 Å². The summed E-state index contributed by atoms with van der Waals surface area (Å²) in [5.41, 5.74) is 1.65. The zero-order valence-electron chi connectivity index (χ0n) is 6.82. The molecule has 0 amide bonds. The molecule has 0 saturated carbocycles. The Morgan fingerprint density at radius 2 is 2.00 bits per heavy atom. The quantitative estimate of drug-likeness (QED) is 0.182. The molecule has 0 radical (unpaired) electrons. The predicted molar refractivity (Wildman–Crippen MR) is 43.1 cm³/mol. The largest absolute Gasteiger partial charge is 2.00 e. The van der Waals surface area contributed by atoms with Crippen LogP contribution in [0.15, 0.2) is 11.5 Å². The molecule has 0 atom stereocenters. The molecule has 8 nitrogen and oxygen atoms in total. The van der Waals surface area contributed by atoms with Crippen LogP contribution in [0.3, 0.4) is 0 Å². The summed E-state index contributed by atoms with van der Waals surface area (Å²) in [6, 6.07) is 0. The van der Waals surface area contributed by atoms with E-state index in [4.69, 9.17) is 4.55 Å². The van der Waals surface area contributed by atoms with E-state index in [0.29, 0.717) is 5.41 Å². The van der Waals surface area contributed by atoms with Crippen molar-refractivity contribution < 1.29 is 31.9 Å². The molecule has 0 aliphatic rings. The smallest absolute Gasteiger partial charge is 0.788 e. The third-order valence-corrected chi connectivity index (χ3v) is 1.53. The number of nitrogens with one attached hydrogen (secondary N) is 1. The summed E-state index contributed by atoms with van der Waals surface area (Å²) >= 11 is 0. The fourth-order valence-corrected chi connectivity index (χ4v) is 0.906. The van der Waals surface area contributed by atoms with E-state index in [1.807, 2.05) is 0 Å². The molecule has 0 saturated heterocycles. The maximum atomic E-state index is 10.0. The Kier molecular flexibility index (Phi) is 9.04. The van der Waals surface area contributed by atoms with Crippen LogP contribution in [0.4, 0.5) is 0 Å². The molecule has 0 aliphatic carbocycles. The van der Waals surface area contributed by atoms with Crippen molar-refractivity contribution in [2.24, 2.45) is 0 Å². The standard InChI is InChI=1S/C3H8NO7PS.Ca/c5-12(6,7)11-4-2-1-3-13(8,9)10;/h1,3-4H,2H2,(H2,5,6,7)(H,8,9,10);/q;+2/p-2. The zero-order chi connectivity index (χ0) is 10.5. The van der Waals surface area contributed by atoms with E-state index >= 15 is 0 Å². The topological polar surface area (TPSA) is 139 Å². The zero-order valence-corrected chi connectivity index (χ0v) is 10.7. The molecule has 11 heteroatoms. The molecule has 0 aliphatic heterocycles. The first-order valence-electron chi connectivity index (χ1n) is 2.78. The third kappa shape index (κ3) is 15.5. The molecule has 0 aromatic carbocycles. The van der Waals surface area contributed by atoms with Gasteiger partial charge >= 0.3 is 37.7 Å². The van der Waals surface area contributed by atoms with Crippen LogP contribution >= 0.6 is 7.82 Å². The van der Waals surface area contributed by atoms with Crippen LogP contribution in [0, 0.1) is 0 Å². The second-order valence-electron chi connectivity index (χ2n) is 1.77. The molecule has 14 heavy (non-hydrogen) atoms. The minimum atomic E-state index is -5.10. The molecule has 0 unspecified atom stereocenters. The van der Waals surface area contributed by atoms with Gasteiger partial charge in [0.25, 0.3) is 10.1 Å². The van der Waals surface area contributed by atoms with Gasteiger partial charge in [0.1, 0.15) is 0 Å². The van der Waals surface area contributed by atoms with E-state index in [9.17, 15) is 22.8 Å². The van der Waals surface area contributed by atoms with Gasteiger partial charge in [-0.1, -0.05) is 6.08 Å². The summed E-state index contributed by atoms with van der Waals surface area (Å²) in [5, 5.41) is 0.407. The molecule has 78 valence electrons. The summed E-state index contributed by atoms with van der Waals surface area (Å²) in [7, 11) is -9.35. The van der Waals surface area contributed by atoms with Gasteiger partial charge in [-0.15, -0.1) is 0 Å². The van der Waals surface area contributed by atoms with Crippen molar-refractivity contribution in [1.82, 2.24) is 5.48 Å². The summed E-state index contributed by atoms with van der Waals surface area (Å²) in [6.45, 7) is -0.353. The van der Waals surface area contributed by atoms with Crippen molar-refractivity contribution in [3.63, 3.8) is 0 Å². The average molecular weight is 271 g/mol. The fraction of sp³-hybridized carbons (Fsp3) is 0.333. The van der Waals surface area contributed by atoms with E-state index < -0.39 is 17.9 Å². The van der Waals surface area contributed by atoms with E-state index in [1.54, 1.807) is 5.48 Å². The number of rotatable bonds is 5. The van der Waals surface area contributed by atoms with Crippen LogP contribution in [0.2, 0.25) is 0 Å². The maximum Gasteiger partial charge on any atom is 2.00 e. The number of hydroxylamine groups is 1. The second-order valence-corrected chi connectivity index (χ2v) is 4.15. The van der Waals surface area contributed by atoms with Gasteiger partial charge in [-0.25, -0.2) is 0 Å². The Morgan fingerprint density at radius 1 is 1.50 bits per heavy atom. The van der Waals surface area contributed by atoms with Crippen molar-refractivity contribution in [3.05, 3.63) is 11.5 Å². The Morgan fingerprint density at radius 3 is 2.36 bits per heavy atom. The first kappa shape index (κ1) is 17.4. The van der Waals surface area contributed by atoms with Gasteiger partial charge in [0.05, 0.1) is 13.2 Å². The summed E-state index contributed by atoms with van der Waals surface area (Å²) in [4.78, 5) is 19.6. The minimum Gasteiger partial charge on any atom is -0.788 e. The summed E-state index contributed by atoms with van der Waals surface area (Å²) in [5.74, 6) is 0. The number of hydrogen-bond donors (Lipinski definition) is 2. The number of hydrogen-bond acceptors (Lipinski definition) is 7. The van der Waals surface area contributed by atoms with Crippen LogP contribution < -0.4 is 15.3 Å². The van der Waals surface area contributed by atoms with Gasteiger partial charge in [-0.05, 0) is 0 Å². The van der Waals surface area contributed by atoms with Gasteiger partial charge in [0.15, 0.2) is 0 Å². The minimum absolute atomic E-state index is 0. The monoisotopic (exact) mass is 271 g/mol. The Labute approximate surface area is 110 Å². The van der Waals surface area contributed by atoms with Gasteiger partial charge in [0, 0.05) is 6.54 Å². The van der Waals surface area contributed by atoms with Crippen molar-refractivity contribution >= 4 is 55.7 Å². The van der Waals surface area contributed by atoms with Crippen molar-refractivity contribution in [2.75, 3.05) is 6.54 Å². The average Bonchev–Trinajstić information content (AvgIpc) is 1.81. The van der Waals surface area contributed by atoms with Gasteiger partial charge in [-0.3, -0.25) is 9.18 Å². The molecule has 0 aromatic heterocycles. The second kappa shape index (κ2) is 7.29. The van der Waals surface area contributed by atoms with E-state index in [2.05, 4.69) is 4.62 Å². The molecule has 0 heterocycles. The van der Waals surface area contributed by atoms with Gasteiger partial charge < -0.3 is 14.4 Å². The van der Waals surface area contributed by atoms with Crippen LogP contribution in [-0.4, -0.2) is 57.3 Å². The normalized spacial score (nSPS) is 12.8. The van der Waals surface area contributed by atoms with Crippen LogP contribution in [0.25, 0.3) is 0 Å². The Bertz CT molecular complexity index is 320. The third-order valence-electron chi connectivity index (χ3n) is 0.646. The Balaban J connectivity index is 0. The molecular weight excluding hydrogens is 265 g/mol. The number of phosphoric acid groups is 1. The van der Waals surface area contributed by atoms with Crippen molar-refractivity contribution in [1.29, 1.82) is 0 Å². The van der Waals surface area contributed by atoms with E-state index in [-0.39, 0.29) is 44.3 Å². The van der Waals surface area contributed by atoms with Crippen molar-refractivity contribution in [2.45, 2.75) is 0 Å². The molecular formula is C3H6CaNO7PS. The summed E-state index contributed by atoms with van der Waals surface area (Å²) in [6.07, 6.45) is 0.852. The van der Waals surface area contributed by atoms with Crippen molar-refractivity contribution in [3.8, 4) is 0 Å². The van der Waals surface area contributed by atoms with Gasteiger partial charge in [0.2, 0.25) is 0 Å². The molecule has 0 fully saturated rings. The van der Waals surface area contributed by atoms with Crippen LogP contribution in [0.1, 0.15) is 0 Å². The molecule has 0 spiro atoms. The molecule has 0 rings (SSSR count). The molecule has 2 N–H and O–H groups in total. The fourth-order valence-electron chi connectivity index (χ4n) is 0.334. The molecule has 0 aromatic rings. The maximum absolute atomic E-state index is 10.0.